The van der Waals surface area contributed by atoms with Crippen LogP contribution in [-0.4, -0.2) is 10.2 Å². The van der Waals surface area contributed by atoms with Gasteiger partial charge in [-0.05, 0) is 37.8 Å². The number of hydrogen-bond donors (Lipinski definition) is 0. The zero-order valence-electron chi connectivity index (χ0n) is 12.8. The Kier molecular flexibility index (Phi) is 3.74. The maximum Gasteiger partial charge on any atom is 0.248 e. The molecule has 0 amide bonds. The third-order valence-electron chi connectivity index (χ3n) is 3.92. The lowest BCUT2D eigenvalue weighted by molar-refractivity contribution is 0.548. The molecule has 1 aliphatic carbocycles. The van der Waals surface area contributed by atoms with Crippen LogP contribution in [0.2, 0.25) is 0 Å². The fraction of sp³-hybridized carbons (Fsp3) is 0.333. The minimum atomic E-state index is 0.588. The number of aromatic nitrogens is 2. The first-order chi connectivity index (χ1) is 10.1. The molecule has 108 valence electrons. The van der Waals surface area contributed by atoms with Gasteiger partial charge in [0, 0.05) is 11.1 Å². The Morgan fingerprint density at radius 3 is 2.29 bits per heavy atom. The molecule has 1 aliphatic rings. The van der Waals surface area contributed by atoms with Gasteiger partial charge in [0.2, 0.25) is 11.8 Å². The molecule has 1 aromatic carbocycles. The molecule has 1 heterocycles. The molecule has 3 rings (SSSR count). The zero-order chi connectivity index (χ0) is 14.8. The van der Waals surface area contributed by atoms with Crippen LogP contribution in [0.3, 0.4) is 0 Å². The predicted octanol–water partition coefficient (Wildman–Crippen LogP) is 4.80. The van der Waals surface area contributed by atoms with Crippen LogP contribution in [0, 0.1) is 12.8 Å². The van der Waals surface area contributed by atoms with Gasteiger partial charge in [0.15, 0.2) is 0 Å². The van der Waals surface area contributed by atoms with Crippen LogP contribution in [0.15, 0.2) is 46.4 Å². The van der Waals surface area contributed by atoms with Gasteiger partial charge in [-0.3, -0.25) is 0 Å². The molecule has 0 saturated heterocycles. The maximum atomic E-state index is 5.82. The van der Waals surface area contributed by atoms with Gasteiger partial charge in [0.05, 0.1) is 0 Å². The lowest BCUT2D eigenvalue weighted by Gasteiger charge is -2.15. The number of rotatable bonds is 3. The fourth-order valence-corrected chi connectivity index (χ4v) is 2.48. The van der Waals surface area contributed by atoms with E-state index >= 15 is 0 Å². The van der Waals surface area contributed by atoms with Crippen molar-refractivity contribution < 1.29 is 4.42 Å². The Labute approximate surface area is 125 Å². The number of benzene rings is 1. The van der Waals surface area contributed by atoms with Crippen molar-refractivity contribution in [1.82, 2.24) is 10.2 Å². The van der Waals surface area contributed by atoms with Gasteiger partial charge in [-0.1, -0.05) is 49.3 Å². The molecular weight excluding hydrogens is 260 g/mol. The molecule has 3 nitrogen and oxygen atoms in total. The second-order valence-electron chi connectivity index (χ2n) is 5.87. The van der Waals surface area contributed by atoms with Crippen molar-refractivity contribution in [3.05, 3.63) is 53.4 Å². The van der Waals surface area contributed by atoms with E-state index in [0.29, 0.717) is 17.7 Å². The van der Waals surface area contributed by atoms with Crippen LogP contribution in [0.5, 0.6) is 0 Å². The van der Waals surface area contributed by atoms with Crippen LogP contribution in [-0.2, 0) is 0 Å². The second-order valence-corrected chi connectivity index (χ2v) is 5.87. The molecule has 0 N–H and O–H groups in total. The Hall–Kier alpha value is -2.16. The topological polar surface area (TPSA) is 38.9 Å². The van der Waals surface area contributed by atoms with Crippen LogP contribution < -0.4 is 0 Å². The van der Waals surface area contributed by atoms with Crippen molar-refractivity contribution in [2.75, 3.05) is 0 Å². The van der Waals surface area contributed by atoms with Gasteiger partial charge in [-0.2, -0.15) is 0 Å². The highest BCUT2D eigenvalue weighted by atomic mass is 16.4. The fourth-order valence-electron chi connectivity index (χ4n) is 2.48. The average Bonchev–Trinajstić information content (AvgIpc) is 2.98. The molecule has 3 heteroatoms. The molecule has 2 aromatic rings. The van der Waals surface area contributed by atoms with Crippen LogP contribution >= 0.6 is 0 Å². The van der Waals surface area contributed by atoms with E-state index in [9.17, 15) is 0 Å². The molecule has 0 aliphatic heterocycles. The summed E-state index contributed by atoms with van der Waals surface area (Å²) in [4.78, 5) is 0. The van der Waals surface area contributed by atoms with Crippen LogP contribution in [0.4, 0.5) is 0 Å². The van der Waals surface area contributed by atoms with Gasteiger partial charge in [0.25, 0.3) is 0 Å². The SMILES string of the molecule is Cc1ccc(-c2nnc(C3=CC=C(C(C)C)CC3)o2)cc1. The number of hydrogen-bond acceptors (Lipinski definition) is 3. The van der Waals surface area contributed by atoms with Crippen molar-refractivity contribution in [2.45, 2.75) is 33.6 Å². The van der Waals surface area contributed by atoms with Crippen molar-refractivity contribution >= 4 is 5.57 Å². The van der Waals surface area contributed by atoms with Gasteiger partial charge in [0.1, 0.15) is 0 Å². The van der Waals surface area contributed by atoms with E-state index in [1.807, 2.05) is 12.1 Å². The lowest BCUT2D eigenvalue weighted by Crippen LogP contribution is -1.99. The summed E-state index contributed by atoms with van der Waals surface area (Å²) in [5, 5.41) is 8.36. The zero-order valence-corrected chi connectivity index (χ0v) is 12.8. The summed E-state index contributed by atoms with van der Waals surface area (Å²) < 4.78 is 5.82. The summed E-state index contributed by atoms with van der Waals surface area (Å²) in [6, 6.07) is 8.13. The maximum absolute atomic E-state index is 5.82. The number of aryl methyl sites for hydroxylation is 1. The first-order valence-corrected chi connectivity index (χ1v) is 7.44. The molecule has 0 fully saturated rings. The summed E-state index contributed by atoms with van der Waals surface area (Å²) in [6.07, 6.45) is 6.36. The molecule has 21 heavy (non-hydrogen) atoms. The van der Waals surface area contributed by atoms with Crippen LogP contribution in [0.25, 0.3) is 17.0 Å². The minimum Gasteiger partial charge on any atom is -0.416 e. The Morgan fingerprint density at radius 1 is 0.952 bits per heavy atom. The van der Waals surface area contributed by atoms with Crippen molar-refractivity contribution in [3.63, 3.8) is 0 Å². The van der Waals surface area contributed by atoms with Crippen molar-refractivity contribution in [2.24, 2.45) is 5.92 Å². The average molecular weight is 280 g/mol. The quantitative estimate of drug-likeness (QED) is 0.810. The first-order valence-electron chi connectivity index (χ1n) is 7.44. The molecule has 0 atom stereocenters. The monoisotopic (exact) mass is 280 g/mol. The minimum absolute atomic E-state index is 0.588. The van der Waals surface area contributed by atoms with E-state index in [0.717, 1.165) is 24.0 Å². The van der Waals surface area contributed by atoms with E-state index in [4.69, 9.17) is 4.42 Å². The smallest absolute Gasteiger partial charge is 0.248 e. The third kappa shape index (κ3) is 2.97. The van der Waals surface area contributed by atoms with E-state index in [1.54, 1.807) is 0 Å². The van der Waals surface area contributed by atoms with E-state index < -0.39 is 0 Å². The predicted molar refractivity (Wildman–Crippen MR) is 84.6 cm³/mol. The lowest BCUT2D eigenvalue weighted by atomic mass is 9.91. The summed E-state index contributed by atoms with van der Waals surface area (Å²) in [5.74, 6) is 1.84. The van der Waals surface area contributed by atoms with E-state index in [1.165, 1.54) is 11.1 Å². The molecule has 0 unspecified atom stereocenters. The Balaban J connectivity index is 1.84. The number of allylic oxidation sites excluding steroid dienone is 4. The first kappa shape index (κ1) is 13.8. The normalized spacial score (nSPS) is 15.0. The largest absolute Gasteiger partial charge is 0.416 e. The highest BCUT2D eigenvalue weighted by molar-refractivity contribution is 5.64. The van der Waals surface area contributed by atoms with Gasteiger partial charge >= 0.3 is 0 Å². The summed E-state index contributed by atoms with van der Waals surface area (Å²) in [5.41, 5.74) is 4.80. The Morgan fingerprint density at radius 2 is 1.67 bits per heavy atom. The highest BCUT2D eigenvalue weighted by Crippen LogP contribution is 2.30. The Bertz CT molecular complexity index is 690. The molecule has 1 aromatic heterocycles. The van der Waals surface area contributed by atoms with Crippen molar-refractivity contribution in [3.8, 4) is 11.5 Å². The van der Waals surface area contributed by atoms with Gasteiger partial charge < -0.3 is 4.42 Å². The summed E-state index contributed by atoms with van der Waals surface area (Å²) in [6.45, 7) is 6.52. The standard InChI is InChI=1S/C18H20N2O/c1-12(2)14-8-10-16(11-9-14)18-20-19-17(21-18)15-6-4-13(3)5-7-15/h4-8,10,12H,9,11H2,1-3H3. The molecular formula is C18H20N2O. The van der Waals surface area contributed by atoms with Crippen LogP contribution in [0.1, 0.15) is 38.1 Å². The number of nitrogens with zero attached hydrogens (tertiary/aromatic N) is 2. The molecule has 0 bridgehead atoms. The second kappa shape index (κ2) is 5.68. The summed E-state index contributed by atoms with van der Waals surface area (Å²) in [7, 11) is 0. The van der Waals surface area contributed by atoms with Crippen molar-refractivity contribution in [1.29, 1.82) is 0 Å². The summed E-state index contributed by atoms with van der Waals surface area (Å²) >= 11 is 0. The van der Waals surface area contributed by atoms with E-state index in [-0.39, 0.29) is 0 Å². The molecule has 0 spiro atoms. The van der Waals surface area contributed by atoms with E-state index in [2.05, 4.69) is 55.3 Å². The highest BCUT2D eigenvalue weighted by Gasteiger charge is 2.16. The van der Waals surface area contributed by atoms with Gasteiger partial charge in [-0.25, -0.2) is 0 Å². The molecule has 0 radical (unpaired) electrons. The molecule has 0 saturated carbocycles. The van der Waals surface area contributed by atoms with Gasteiger partial charge in [-0.15, -0.1) is 10.2 Å². The third-order valence-corrected chi connectivity index (χ3v) is 3.92.